The Bertz CT molecular complexity index is 271. The van der Waals surface area contributed by atoms with Gasteiger partial charge in [0.15, 0.2) is 0 Å². The average Bonchev–Trinajstić information content (AvgIpc) is 2.16. The van der Waals surface area contributed by atoms with E-state index in [-0.39, 0.29) is 0 Å². The molecule has 0 aromatic carbocycles. The molecule has 0 saturated heterocycles. The number of rotatable bonds is 6. The molecule has 0 spiro atoms. The van der Waals surface area contributed by atoms with Crippen LogP contribution in [0.4, 0.5) is 0 Å². The topological polar surface area (TPSA) is 3.24 Å². The Hall–Kier alpha value is -1.24. The second-order valence-corrected chi connectivity index (χ2v) is 3.96. The van der Waals surface area contributed by atoms with Gasteiger partial charge in [-0.15, -0.1) is 0 Å². The van der Waals surface area contributed by atoms with Crippen molar-refractivity contribution in [2.45, 2.75) is 27.2 Å². The van der Waals surface area contributed by atoms with Gasteiger partial charge in [-0.25, -0.2) is 0 Å². The van der Waals surface area contributed by atoms with Gasteiger partial charge < -0.3 is 4.90 Å². The Morgan fingerprint density at radius 2 is 2.07 bits per heavy atom. The fraction of sp³-hybridized carbons (Fsp3) is 0.429. The number of hydrogen-bond acceptors (Lipinski definition) is 1. The molecule has 1 nitrogen and oxygen atoms in total. The molecule has 0 aliphatic rings. The molecule has 0 aliphatic heterocycles. The Morgan fingerprint density at radius 1 is 1.47 bits per heavy atom. The highest BCUT2D eigenvalue weighted by Gasteiger charge is 2.01. The summed E-state index contributed by atoms with van der Waals surface area (Å²) in [5, 5.41) is 0. The van der Waals surface area contributed by atoms with Gasteiger partial charge in [0.25, 0.3) is 0 Å². The lowest BCUT2D eigenvalue weighted by Crippen LogP contribution is -2.08. The molecule has 0 aliphatic carbocycles. The second kappa shape index (κ2) is 7.10. The lowest BCUT2D eigenvalue weighted by molar-refractivity contribution is 0.562. The smallest absolute Gasteiger partial charge is 0.0109 e. The Morgan fingerprint density at radius 3 is 2.47 bits per heavy atom. The zero-order chi connectivity index (χ0) is 11.8. The molecule has 0 heterocycles. The normalized spacial score (nSPS) is 14.0. The minimum Gasteiger partial charge on any atom is -0.355 e. The Kier molecular flexibility index (Phi) is 6.52. The van der Waals surface area contributed by atoms with Gasteiger partial charge in [0.05, 0.1) is 0 Å². The third-order valence-corrected chi connectivity index (χ3v) is 2.30. The van der Waals surface area contributed by atoms with Crippen molar-refractivity contribution in [2.24, 2.45) is 5.92 Å². The molecular weight excluding hydrogens is 182 g/mol. The van der Waals surface area contributed by atoms with Crippen LogP contribution in [0.25, 0.3) is 0 Å². The van der Waals surface area contributed by atoms with Crippen molar-refractivity contribution in [1.29, 1.82) is 0 Å². The predicted molar refractivity (Wildman–Crippen MR) is 69.5 cm³/mol. The second-order valence-electron chi connectivity index (χ2n) is 3.96. The van der Waals surface area contributed by atoms with Gasteiger partial charge in [0.1, 0.15) is 0 Å². The van der Waals surface area contributed by atoms with E-state index in [9.17, 15) is 0 Å². The van der Waals surface area contributed by atoms with Crippen LogP contribution >= 0.6 is 0 Å². The first-order valence-corrected chi connectivity index (χ1v) is 5.35. The average molecular weight is 205 g/mol. The van der Waals surface area contributed by atoms with Crippen molar-refractivity contribution in [3.8, 4) is 0 Å². The number of allylic oxidation sites excluding steroid dienone is 5. The quantitative estimate of drug-likeness (QED) is 0.465. The van der Waals surface area contributed by atoms with Crippen LogP contribution in [0.1, 0.15) is 27.2 Å². The van der Waals surface area contributed by atoms with Crippen molar-refractivity contribution in [1.82, 2.24) is 4.90 Å². The van der Waals surface area contributed by atoms with Crippen LogP contribution in [0.15, 0.2) is 48.9 Å². The van der Waals surface area contributed by atoms with E-state index < -0.39 is 0 Å². The molecule has 0 aromatic heterocycles. The first-order valence-electron chi connectivity index (χ1n) is 5.35. The van der Waals surface area contributed by atoms with Crippen LogP contribution in [0.3, 0.4) is 0 Å². The summed E-state index contributed by atoms with van der Waals surface area (Å²) < 4.78 is 0. The van der Waals surface area contributed by atoms with Crippen LogP contribution in [0.5, 0.6) is 0 Å². The maximum atomic E-state index is 3.89. The van der Waals surface area contributed by atoms with Gasteiger partial charge in [-0.05, 0) is 31.8 Å². The summed E-state index contributed by atoms with van der Waals surface area (Å²) in [4.78, 5) is 2.03. The van der Waals surface area contributed by atoms with E-state index in [0.717, 1.165) is 12.1 Å². The standard InChI is InChI=1S/C14H23N/c1-7-9-13(5)10-14(8-2)11-15(6)12(3)4/h7-9,11,13H,2-3,10H2,1,4-6H3/b9-7-,14-11+. The summed E-state index contributed by atoms with van der Waals surface area (Å²) in [6.07, 6.45) is 9.33. The molecule has 0 fully saturated rings. The van der Waals surface area contributed by atoms with E-state index in [4.69, 9.17) is 0 Å². The maximum absolute atomic E-state index is 3.89. The summed E-state index contributed by atoms with van der Waals surface area (Å²) in [5.74, 6) is 0.553. The van der Waals surface area contributed by atoms with E-state index in [1.807, 2.05) is 31.9 Å². The molecule has 0 saturated carbocycles. The molecule has 0 bridgehead atoms. The molecule has 15 heavy (non-hydrogen) atoms. The summed E-state index contributed by atoms with van der Waals surface area (Å²) in [6, 6.07) is 0. The lowest BCUT2D eigenvalue weighted by Gasteiger charge is -2.16. The largest absolute Gasteiger partial charge is 0.355 e. The first-order chi connectivity index (χ1) is 7.01. The third kappa shape index (κ3) is 5.95. The molecule has 1 unspecified atom stereocenters. The maximum Gasteiger partial charge on any atom is 0.0109 e. The Balaban J connectivity index is 4.48. The SMILES string of the molecule is C=C/C(=C\N(C)C(=C)C)CC(C)/C=C\C. The fourth-order valence-corrected chi connectivity index (χ4v) is 1.32. The predicted octanol–water partition coefficient (Wildman–Crippen LogP) is 4.12. The van der Waals surface area contributed by atoms with Crippen LogP contribution < -0.4 is 0 Å². The molecule has 0 N–H and O–H groups in total. The number of hydrogen-bond donors (Lipinski definition) is 0. The van der Waals surface area contributed by atoms with Gasteiger partial charge >= 0.3 is 0 Å². The van der Waals surface area contributed by atoms with E-state index in [1.54, 1.807) is 0 Å². The van der Waals surface area contributed by atoms with Gasteiger partial charge in [-0.3, -0.25) is 0 Å². The van der Waals surface area contributed by atoms with Crippen LogP contribution in [0.2, 0.25) is 0 Å². The third-order valence-electron chi connectivity index (χ3n) is 2.30. The number of nitrogens with zero attached hydrogens (tertiary/aromatic N) is 1. The van der Waals surface area contributed by atoms with Crippen LogP contribution in [-0.2, 0) is 0 Å². The molecule has 0 aromatic rings. The van der Waals surface area contributed by atoms with Crippen molar-refractivity contribution in [3.63, 3.8) is 0 Å². The molecule has 84 valence electrons. The molecule has 0 rings (SSSR count). The van der Waals surface area contributed by atoms with Crippen molar-refractivity contribution in [3.05, 3.63) is 48.9 Å². The lowest BCUT2D eigenvalue weighted by atomic mass is 10.0. The fourth-order valence-electron chi connectivity index (χ4n) is 1.32. The van der Waals surface area contributed by atoms with Crippen molar-refractivity contribution in [2.75, 3.05) is 7.05 Å². The van der Waals surface area contributed by atoms with Gasteiger partial charge in [-0.1, -0.05) is 38.3 Å². The first kappa shape index (κ1) is 13.8. The molecular formula is C14H23N. The monoisotopic (exact) mass is 205 g/mol. The van der Waals surface area contributed by atoms with E-state index in [0.29, 0.717) is 5.92 Å². The zero-order valence-electron chi connectivity index (χ0n) is 10.5. The molecule has 0 amide bonds. The highest BCUT2D eigenvalue weighted by Crippen LogP contribution is 2.15. The van der Waals surface area contributed by atoms with E-state index >= 15 is 0 Å². The van der Waals surface area contributed by atoms with Gasteiger partial charge in [0, 0.05) is 18.9 Å². The Labute approximate surface area is 94.5 Å². The van der Waals surface area contributed by atoms with Crippen molar-refractivity contribution >= 4 is 0 Å². The van der Waals surface area contributed by atoms with Crippen LogP contribution in [-0.4, -0.2) is 11.9 Å². The summed E-state index contributed by atoms with van der Waals surface area (Å²) in [5.41, 5.74) is 2.28. The molecule has 0 radical (unpaired) electrons. The van der Waals surface area contributed by atoms with Crippen LogP contribution in [0, 0.1) is 5.92 Å². The molecule has 1 atom stereocenters. The van der Waals surface area contributed by atoms with Gasteiger partial charge in [-0.2, -0.15) is 0 Å². The van der Waals surface area contributed by atoms with E-state index in [2.05, 4.69) is 38.4 Å². The minimum atomic E-state index is 0.553. The summed E-state index contributed by atoms with van der Waals surface area (Å²) in [7, 11) is 2.01. The zero-order valence-corrected chi connectivity index (χ0v) is 10.5. The summed E-state index contributed by atoms with van der Waals surface area (Å²) in [6.45, 7) is 14.0. The highest BCUT2D eigenvalue weighted by molar-refractivity contribution is 5.18. The highest BCUT2D eigenvalue weighted by atomic mass is 15.1. The van der Waals surface area contributed by atoms with Crippen molar-refractivity contribution < 1.29 is 0 Å². The van der Waals surface area contributed by atoms with E-state index in [1.165, 1.54) is 5.57 Å². The summed E-state index contributed by atoms with van der Waals surface area (Å²) >= 11 is 0. The minimum absolute atomic E-state index is 0.553. The molecule has 1 heteroatoms. The van der Waals surface area contributed by atoms with Gasteiger partial charge in [0.2, 0.25) is 0 Å².